The number of nitrogens with zero attached hydrogens (tertiary/aromatic N) is 5. The second kappa shape index (κ2) is 9.29. The minimum absolute atomic E-state index is 0.118. The lowest BCUT2D eigenvalue weighted by atomic mass is 10.2. The molecule has 0 unspecified atom stereocenters. The molecule has 0 saturated carbocycles. The van der Waals surface area contributed by atoms with Gasteiger partial charge in [-0.3, -0.25) is 4.79 Å². The molecule has 2 N–H and O–H groups in total. The van der Waals surface area contributed by atoms with Gasteiger partial charge in [0.2, 0.25) is 17.8 Å². The molecule has 2 heterocycles. The van der Waals surface area contributed by atoms with Gasteiger partial charge in [0.1, 0.15) is 12.1 Å². The van der Waals surface area contributed by atoms with Crippen molar-refractivity contribution in [3.8, 4) is 5.75 Å². The quantitative estimate of drug-likeness (QED) is 0.630. The van der Waals surface area contributed by atoms with Crippen LogP contribution in [0, 0.1) is 0 Å². The van der Waals surface area contributed by atoms with Gasteiger partial charge in [-0.15, -0.1) is 0 Å². The van der Waals surface area contributed by atoms with Crippen molar-refractivity contribution in [2.45, 2.75) is 6.92 Å². The predicted molar refractivity (Wildman–Crippen MR) is 121 cm³/mol. The Morgan fingerprint density at radius 1 is 0.968 bits per heavy atom. The second-order valence-corrected chi connectivity index (χ2v) is 7.17. The molecule has 1 amide bonds. The molecule has 1 aliphatic heterocycles. The van der Waals surface area contributed by atoms with Gasteiger partial charge in [0.05, 0.1) is 7.11 Å². The van der Waals surface area contributed by atoms with Crippen LogP contribution in [0.3, 0.4) is 0 Å². The standard InChI is InChI=1S/C22H25N7O2/c1-16(30)25-17-5-3-6-18(13-17)26-21-23-15-24-22(27-21)29-11-9-28(10-12-29)19-7-4-8-20(14-19)31-2/h3-8,13-15H,9-12H2,1-2H3,(H,25,30)(H,23,24,26,27). The third kappa shape index (κ3) is 5.19. The van der Waals surface area contributed by atoms with Gasteiger partial charge >= 0.3 is 0 Å². The Morgan fingerprint density at radius 3 is 2.48 bits per heavy atom. The first-order chi connectivity index (χ1) is 15.1. The number of hydrogen-bond acceptors (Lipinski definition) is 8. The van der Waals surface area contributed by atoms with Crippen LogP contribution in [0.15, 0.2) is 54.9 Å². The Bertz CT molecular complexity index is 1050. The number of ether oxygens (including phenoxy) is 1. The number of carbonyl (C=O) groups is 1. The highest BCUT2D eigenvalue weighted by molar-refractivity contribution is 5.89. The number of piperazine rings is 1. The molecule has 2 aromatic carbocycles. The number of hydrogen-bond donors (Lipinski definition) is 2. The maximum absolute atomic E-state index is 11.3. The Hall–Kier alpha value is -3.88. The third-order valence-electron chi connectivity index (χ3n) is 4.98. The maximum atomic E-state index is 11.3. The molecule has 9 heteroatoms. The fourth-order valence-electron chi connectivity index (χ4n) is 3.48. The molecule has 0 radical (unpaired) electrons. The van der Waals surface area contributed by atoms with Crippen molar-refractivity contribution in [3.05, 3.63) is 54.9 Å². The Kier molecular flexibility index (Phi) is 6.11. The summed E-state index contributed by atoms with van der Waals surface area (Å²) in [6, 6.07) is 15.5. The molecule has 0 aliphatic carbocycles. The summed E-state index contributed by atoms with van der Waals surface area (Å²) in [4.78, 5) is 28.9. The molecule has 4 rings (SSSR count). The van der Waals surface area contributed by atoms with Gasteiger partial charge in [0, 0.05) is 56.2 Å². The van der Waals surface area contributed by atoms with Gasteiger partial charge in [0.15, 0.2) is 0 Å². The van der Waals surface area contributed by atoms with E-state index < -0.39 is 0 Å². The average molecular weight is 419 g/mol. The van der Waals surface area contributed by atoms with Crippen LogP contribution in [0.4, 0.5) is 29.0 Å². The lowest BCUT2D eigenvalue weighted by Gasteiger charge is -2.36. The number of nitrogens with one attached hydrogen (secondary N) is 2. The molecule has 1 fully saturated rings. The summed E-state index contributed by atoms with van der Waals surface area (Å²) in [6.07, 6.45) is 1.51. The highest BCUT2D eigenvalue weighted by atomic mass is 16.5. The molecule has 3 aromatic rings. The van der Waals surface area contributed by atoms with Crippen LogP contribution in [-0.4, -0.2) is 54.1 Å². The van der Waals surface area contributed by atoms with Crippen LogP contribution in [0.2, 0.25) is 0 Å². The highest BCUT2D eigenvalue weighted by Crippen LogP contribution is 2.23. The first-order valence-electron chi connectivity index (χ1n) is 10.1. The zero-order chi connectivity index (χ0) is 21.6. The first-order valence-corrected chi connectivity index (χ1v) is 10.1. The SMILES string of the molecule is COc1cccc(N2CCN(c3ncnc(Nc4cccc(NC(C)=O)c4)n3)CC2)c1. The molecule has 31 heavy (non-hydrogen) atoms. The average Bonchev–Trinajstić information content (AvgIpc) is 2.79. The van der Waals surface area contributed by atoms with E-state index in [9.17, 15) is 4.79 Å². The Morgan fingerprint density at radius 2 is 1.71 bits per heavy atom. The summed E-state index contributed by atoms with van der Waals surface area (Å²) < 4.78 is 5.33. The molecule has 160 valence electrons. The van der Waals surface area contributed by atoms with E-state index in [1.807, 2.05) is 36.4 Å². The van der Waals surface area contributed by atoms with Crippen molar-refractivity contribution in [2.24, 2.45) is 0 Å². The van der Waals surface area contributed by atoms with Crippen LogP contribution in [0.25, 0.3) is 0 Å². The maximum Gasteiger partial charge on any atom is 0.231 e. The van der Waals surface area contributed by atoms with Crippen molar-refractivity contribution < 1.29 is 9.53 Å². The second-order valence-electron chi connectivity index (χ2n) is 7.17. The fraction of sp³-hybridized carbons (Fsp3) is 0.273. The van der Waals surface area contributed by atoms with Crippen LogP contribution >= 0.6 is 0 Å². The van der Waals surface area contributed by atoms with E-state index >= 15 is 0 Å². The number of methoxy groups -OCH3 is 1. The van der Waals surface area contributed by atoms with E-state index in [0.29, 0.717) is 17.6 Å². The van der Waals surface area contributed by atoms with Crippen LogP contribution in [0.5, 0.6) is 5.75 Å². The first kappa shape index (κ1) is 20.4. The molecule has 0 bridgehead atoms. The Labute approximate surface area is 181 Å². The molecule has 1 aliphatic rings. The van der Waals surface area contributed by atoms with E-state index in [4.69, 9.17) is 4.74 Å². The number of rotatable bonds is 6. The van der Waals surface area contributed by atoms with Crippen molar-refractivity contribution in [2.75, 3.05) is 53.7 Å². The normalized spacial score (nSPS) is 13.6. The van der Waals surface area contributed by atoms with Crippen LogP contribution in [0.1, 0.15) is 6.92 Å². The molecule has 0 spiro atoms. The van der Waals surface area contributed by atoms with Crippen molar-refractivity contribution in [3.63, 3.8) is 0 Å². The van der Waals surface area contributed by atoms with Gasteiger partial charge < -0.3 is 25.2 Å². The topological polar surface area (TPSA) is 95.5 Å². The predicted octanol–water partition coefficient (Wildman–Crippen LogP) is 2.91. The van der Waals surface area contributed by atoms with Crippen LogP contribution < -0.4 is 25.2 Å². The molecular weight excluding hydrogens is 394 g/mol. The summed E-state index contributed by atoms with van der Waals surface area (Å²) in [5, 5.41) is 5.95. The zero-order valence-corrected chi connectivity index (χ0v) is 17.6. The molecule has 1 saturated heterocycles. The lowest BCUT2D eigenvalue weighted by molar-refractivity contribution is -0.114. The minimum Gasteiger partial charge on any atom is -0.497 e. The summed E-state index contributed by atoms with van der Waals surface area (Å²) in [7, 11) is 1.68. The monoisotopic (exact) mass is 419 g/mol. The smallest absolute Gasteiger partial charge is 0.231 e. The summed E-state index contributed by atoms with van der Waals surface area (Å²) in [5.74, 6) is 1.84. The van der Waals surface area contributed by atoms with Gasteiger partial charge in [-0.25, -0.2) is 9.97 Å². The Balaban J connectivity index is 1.40. The minimum atomic E-state index is -0.118. The van der Waals surface area contributed by atoms with E-state index in [1.54, 1.807) is 7.11 Å². The summed E-state index contributed by atoms with van der Waals surface area (Å²) >= 11 is 0. The highest BCUT2D eigenvalue weighted by Gasteiger charge is 2.20. The van der Waals surface area contributed by atoms with E-state index in [0.717, 1.165) is 43.3 Å². The fourth-order valence-corrected chi connectivity index (χ4v) is 3.48. The number of benzene rings is 2. The zero-order valence-electron chi connectivity index (χ0n) is 17.6. The summed E-state index contributed by atoms with van der Waals surface area (Å²) in [6.45, 7) is 4.81. The van der Waals surface area contributed by atoms with Gasteiger partial charge in [-0.1, -0.05) is 12.1 Å². The van der Waals surface area contributed by atoms with Crippen molar-refractivity contribution in [1.29, 1.82) is 0 Å². The molecule has 1 aromatic heterocycles. The molecule has 9 nitrogen and oxygen atoms in total. The van der Waals surface area contributed by atoms with Crippen molar-refractivity contribution in [1.82, 2.24) is 15.0 Å². The molecular formula is C22H25N7O2. The third-order valence-corrected chi connectivity index (χ3v) is 4.98. The van der Waals surface area contributed by atoms with E-state index in [1.165, 1.54) is 13.3 Å². The largest absolute Gasteiger partial charge is 0.497 e. The lowest BCUT2D eigenvalue weighted by Crippen LogP contribution is -2.47. The summed E-state index contributed by atoms with van der Waals surface area (Å²) in [5.41, 5.74) is 2.64. The van der Waals surface area contributed by atoms with Gasteiger partial charge in [0.25, 0.3) is 0 Å². The molecule has 0 atom stereocenters. The van der Waals surface area contributed by atoms with E-state index in [2.05, 4.69) is 47.5 Å². The van der Waals surface area contributed by atoms with Crippen molar-refractivity contribution >= 4 is 34.9 Å². The number of aromatic nitrogens is 3. The number of amides is 1. The number of anilines is 5. The van der Waals surface area contributed by atoms with Gasteiger partial charge in [-0.05, 0) is 30.3 Å². The van der Waals surface area contributed by atoms with Crippen LogP contribution in [-0.2, 0) is 4.79 Å². The number of carbonyl (C=O) groups excluding carboxylic acids is 1. The van der Waals surface area contributed by atoms with E-state index in [-0.39, 0.29) is 5.91 Å². The van der Waals surface area contributed by atoms with Gasteiger partial charge in [-0.2, -0.15) is 4.98 Å².